The molecule has 1 atom stereocenters. The average molecular weight is 349 g/mol. The summed E-state index contributed by atoms with van der Waals surface area (Å²) in [5, 5.41) is 3.62. The lowest BCUT2D eigenvalue weighted by molar-refractivity contribution is 0.0384. The van der Waals surface area contributed by atoms with Crippen LogP contribution in [0.25, 0.3) is 0 Å². The van der Waals surface area contributed by atoms with E-state index in [1.807, 2.05) is 0 Å². The Labute approximate surface area is 153 Å². The molecular formula is C21H36N2O2. The van der Waals surface area contributed by atoms with Crippen molar-refractivity contribution in [1.29, 1.82) is 0 Å². The molecule has 0 amide bonds. The van der Waals surface area contributed by atoms with E-state index in [0.29, 0.717) is 11.8 Å². The third-order valence-corrected chi connectivity index (χ3v) is 4.83. The van der Waals surface area contributed by atoms with Crippen molar-refractivity contribution in [2.24, 2.45) is 5.92 Å². The summed E-state index contributed by atoms with van der Waals surface area (Å²) in [7, 11) is 0. The molecule has 1 N–H and O–H groups in total. The van der Waals surface area contributed by atoms with Gasteiger partial charge in [0.2, 0.25) is 0 Å². The Kier molecular flexibility index (Phi) is 8.73. The Morgan fingerprint density at radius 2 is 1.72 bits per heavy atom. The van der Waals surface area contributed by atoms with Crippen LogP contribution in [0.5, 0.6) is 5.75 Å². The van der Waals surface area contributed by atoms with Gasteiger partial charge >= 0.3 is 0 Å². The minimum absolute atomic E-state index is 0.224. The number of ether oxygens (including phenoxy) is 2. The fourth-order valence-corrected chi connectivity index (χ4v) is 3.40. The zero-order valence-corrected chi connectivity index (χ0v) is 16.5. The number of hydrogen-bond donors (Lipinski definition) is 1. The van der Waals surface area contributed by atoms with E-state index >= 15 is 0 Å². The van der Waals surface area contributed by atoms with E-state index in [2.05, 4.69) is 62.2 Å². The number of morpholine rings is 1. The van der Waals surface area contributed by atoms with Crippen LogP contribution in [-0.2, 0) is 4.74 Å². The molecule has 0 spiro atoms. The van der Waals surface area contributed by atoms with Crippen LogP contribution in [0, 0.1) is 5.92 Å². The van der Waals surface area contributed by atoms with Gasteiger partial charge < -0.3 is 14.8 Å². The van der Waals surface area contributed by atoms with Gasteiger partial charge in [-0.05, 0) is 56.3 Å². The van der Waals surface area contributed by atoms with Crippen molar-refractivity contribution >= 4 is 0 Å². The Morgan fingerprint density at radius 3 is 2.32 bits per heavy atom. The first-order valence-electron chi connectivity index (χ1n) is 9.83. The number of hydrogen-bond acceptors (Lipinski definition) is 4. The van der Waals surface area contributed by atoms with E-state index in [4.69, 9.17) is 9.47 Å². The van der Waals surface area contributed by atoms with Gasteiger partial charge in [0.25, 0.3) is 0 Å². The van der Waals surface area contributed by atoms with Crippen LogP contribution in [0.2, 0.25) is 0 Å². The maximum atomic E-state index is 5.75. The van der Waals surface area contributed by atoms with Gasteiger partial charge in [-0.2, -0.15) is 0 Å². The second-order valence-electron chi connectivity index (χ2n) is 7.58. The third kappa shape index (κ3) is 7.35. The Balaban J connectivity index is 1.74. The van der Waals surface area contributed by atoms with E-state index in [1.54, 1.807) is 0 Å². The molecule has 0 radical (unpaired) electrons. The molecule has 0 saturated carbocycles. The summed E-state index contributed by atoms with van der Waals surface area (Å²) in [4.78, 5) is 2.48. The van der Waals surface area contributed by atoms with Crippen molar-refractivity contribution in [1.82, 2.24) is 10.2 Å². The number of benzene rings is 1. The third-order valence-electron chi connectivity index (χ3n) is 4.83. The van der Waals surface area contributed by atoms with E-state index in [9.17, 15) is 0 Å². The minimum atomic E-state index is 0.224. The zero-order valence-electron chi connectivity index (χ0n) is 16.5. The highest BCUT2D eigenvalue weighted by atomic mass is 16.5. The molecule has 1 heterocycles. The number of nitrogens with zero attached hydrogens (tertiary/aromatic N) is 1. The molecule has 0 aliphatic carbocycles. The fourth-order valence-electron chi connectivity index (χ4n) is 3.40. The van der Waals surface area contributed by atoms with Gasteiger partial charge in [0.15, 0.2) is 0 Å². The first-order chi connectivity index (χ1) is 12.1. The largest absolute Gasteiger partial charge is 0.491 e. The lowest BCUT2D eigenvalue weighted by Crippen LogP contribution is -2.40. The van der Waals surface area contributed by atoms with Crippen LogP contribution < -0.4 is 10.1 Å². The molecule has 1 aromatic carbocycles. The van der Waals surface area contributed by atoms with Gasteiger partial charge in [-0.15, -0.1) is 0 Å². The van der Waals surface area contributed by atoms with Gasteiger partial charge in [0.1, 0.15) is 5.75 Å². The second kappa shape index (κ2) is 10.8. The summed E-state index contributed by atoms with van der Waals surface area (Å²) < 4.78 is 11.1. The van der Waals surface area contributed by atoms with Gasteiger partial charge in [-0.1, -0.05) is 26.0 Å². The summed E-state index contributed by atoms with van der Waals surface area (Å²) in [5.41, 5.74) is 1.42. The number of nitrogens with one attached hydrogen (secondary N) is 1. The predicted octanol–water partition coefficient (Wildman–Crippen LogP) is 3.53. The smallest absolute Gasteiger partial charge is 0.119 e. The van der Waals surface area contributed by atoms with Crippen LogP contribution in [-0.4, -0.2) is 56.9 Å². The maximum Gasteiger partial charge on any atom is 0.119 e. The highest BCUT2D eigenvalue weighted by Gasteiger charge is 2.16. The van der Waals surface area contributed by atoms with Crippen LogP contribution in [0.3, 0.4) is 0 Å². The van der Waals surface area contributed by atoms with Gasteiger partial charge in [0, 0.05) is 26.2 Å². The van der Waals surface area contributed by atoms with Crippen LogP contribution >= 0.6 is 0 Å². The number of rotatable bonds is 10. The lowest BCUT2D eigenvalue weighted by Gasteiger charge is -2.27. The molecule has 1 fully saturated rings. The molecule has 4 nitrogen and oxygen atoms in total. The molecule has 1 saturated heterocycles. The minimum Gasteiger partial charge on any atom is -0.491 e. The summed E-state index contributed by atoms with van der Waals surface area (Å²) in [6.45, 7) is 15.9. The van der Waals surface area contributed by atoms with E-state index in [-0.39, 0.29) is 6.10 Å². The Bertz CT molecular complexity index is 467. The van der Waals surface area contributed by atoms with Crippen LogP contribution in [0.1, 0.15) is 45.6 Å². The monoisotopic (exact) mass is 348 g/mol. The molecule has 2 rings (SSSR count). The molecule has 1 unspecified atom stereocenters. The molecule has 0 bridgehead atoms. The first kappa shape index (κ1) is 20.2. The van der Waals surface area contributed by atoms with Gasteiger partial charge in [-0.25, -0.2) is 0 Å². The predicted molar refractivity (Wildman–Crippen MR) is 105 cm³/mol. The topological polar surface area (TPSA) is 33.7 Å². The summed E-state index contributed by atoms with van der Waals surface area (Å²) in [5.74, 6) is 2.19. The molecule has 4 heteroatoms. The van der Waals surface area contributed by atoms with Crippen molar-refractivity contribution in [3.63, 3.8) is 0 Å². The van der Waals surface area contributed by atoms with Crippen molar-refractivity contribution in [3.05, 3.63) is 29.8 Å². The van der Waals surface area contributed by atoms with E-state index < -0.39 is 0 Å². The molecule has 142 valence electrons. The molecule has 25 heavy (non-hydrogen) atoms. The standard InChI is InChI=1S/C21H36N2O2/c1-17(2)21(19-5-7-20(8-6-19)25-18(3)4)9-10-22-11-12-23-13-15-24-16-14-23/h5-8,17-18,21-22H,9-16H2,1-4H3. The Hall–Kier alpha value is -1.10. The molecule has 0 aromatic heterocycles. The lowest BCUT2D eigenvalue weighted by atomic mass is 9.86. The SMILES string of the molecule is CC(C)Oc1ccc(C(CCNCCN2CCOCC2)C(C)C)cc1. The first-order valence-corrected chi connectivity index (χ1v) is 9.83. The van der Waals surface area contributed by atoms with E-state index in [1.165, 1.54) is 12.0 Å². The van der Waals surface area contributed by atoms with Crippen molar-refractivity contribution in [3.8, 4) is 5.75 Å². The fraction of sp³-hybridized carbons (Fsp3) is 0.714. The normalized spacial score (nSPS) is 17.2. The molecular weight excluding hydrogens is 312 g/mol. The maximum absolute atomic E-state index is 5.75. The van der Waals surface area contributed by atoms with E-state index in [0.717, 1.165) is 51.7 Å². The molecule has 1 aliphatic rings. The van der Waals surface area contributed by atoms with Gasteiger partial charge in [-0.3, -0.25) is 4.90 Å². The molecule has 1 aliphatic heterocycles. The summed E-state index contributed by atoms with van der Waals surface area (Å²) in [6, 6.07) is 8.68. The average Bonchev–Trinajstić information content (AvgIpc) is 2.59. The second-order valence-corrected chi connectivity index (χ2v) is 7.58. The molecule has 1 aromatic rings. The van der Waals surface area contributed by atoms with Crippen molar-refractivity contribution < 1.29 is 9.47 Å². The zero-order chi connectivity index (χ0) is 18.1. The van der Waals surface area contributed by atoms with Crippen molar-refractivity contribution in [2.75, 3.05) is 45.9 Å². The quantitative estimate of drug-likeness (QED) is 0.656. The summed E-state index contributed by atoms with van der Waals surface area (Å²) in [6.07, 6.45) is 1.40. The highest BCUT2D eigenvalue weighted by molar-refractivity contribution is 5.30. The van der Waals surface area contributed by atoms with Crippen molar-refractivity contribution in [2.45, 2.75) is 46.1 Å². The Morgan fingerprint density at radius 1 is 1.04 bits per heavy atom. The highest BCUT2D eigenvalue weighted by Crippen LogP contribution is 2.29. The van der Waals surface area contributed by atoms with Crippen LogP contribution in [0.15, 0.2) is 24.3 Å². The summed E-state index contributed by atoms with van der Waals surface area (Å²) >= 11 is 0. The van der Waals surface area contributed by atoms with Crippen LogP contribution in [0.4, 0.5) is 0 Å². The van der Waals surface area contributed by atoms with Gasteiger partial charge in [0.05, 0.1) is 19.3 Å².